The van der Waals surface area contributed by atoms with E-state index in [0.717, 1.165) is 11.3 Å². The summed E-state index contributed by atoms with van der Waals surface area (Å²) in [6.07, 6.45) is 1.23. The summed E-state index contributed by atoms with van der Waals surface area (Å²) in [5, 5.41) is 0. The van der Waals surface area contributed by atoms with Crippen molar-refractivity contribution in [1.82, 2.24) is 4.90 Å². The number of hydrogen-bond donors (Lipinski definition) is 1. The molecule has 1 fully saturated rings. The first-order valence-electron chi connectivity index (χ1n) is 10.0. The van der Waals surface area contributed by atoms with E-state index in [2.05, 4.69) is 0 Å². The number of carbonyl (C=O) groups is 2. The predicted octanol–water partition coefficient (Wildman–Crippen LogP) is 3.31. The van der Waals surface area contributed by atoms with E-state index >= 15 is 0 Å². The van der Waals surface area contributed by atoms with E-state index in [1.165, 1.54) is 5.56 Å². The van der Waals surface area contributed by atoms with Crippen LogP contribution in [-0.4, -0.2) is 36.4 Å². The van der Waals surface area contributed by atoms with E-state index in [9.17, 15) is 9.59 Å². The van der Waals surface area contributed by atoms with Gasteiger partial charge >= 0.3 is 0 Å². The van der Waals surface area contributed by atoms with Crippen molar-refractivity contribution in [3.63, 3.8) is 0 Å². The van der Waals surface area contributed by atoms with E-state index in [1.807, 2.05) is 50.2 Å². The third kappa shape index (κ3) is 5.28. The van der Waals surface area contributed by atoms with Gasteiger partial charge in [-0.1, -0.05) is 17.7 Å². The van der Waals surface area contributed by atoms with Crippen molar-refractivity contribution in [2.75, 3.05) is 19.7 Å². The molecule has 0 bridgehead atoms. The molecular weight excluding hydrogens is 368 g/mol. The Morgan fingerprint density at radius 1 is 1.07 bits per heavy atom. The van der Waals surface area contributed by atoms with E-state index in [4.69, 9.17) is 15.2 Å². The van der Waals surface area contributed by atoms with Gasteiger partial charge in [0.2, 0.25) is 5.91 Å². The van der Waals surface area contributed by atoms with Gasteiger partial charge < -0.3 is 20.1 Å². The summed E-state index contributed by atoms with van der Waals surface area (Å²) >= 11 is 0. The maximum Gasteiger partial charge on any atom is 0.253 e. The number of rotatable bonds is 7. The molecule has 2 N–H and O–H groups in total. The number of benzene rings is 2. The molecule has 154 valence electrons. The first-order valence-corrected chi connectivity index (χ1v) is 10.0. The molecule has 6 heteroatoms. The van der Waals surface area contributed by atoms with Crippen LogP contribution in [0.3, 0.4) is 0 Å². The van der Waals surface area contributed by atoms with Crippen LogP contribution in [0, 0.1) is 12.8 Å². The third-order valence-corrected chi connectivity index (χ3v) is 5.21. The molecule has 0 atom stereocenters. The molecule has 6 nitrogen and oxygen atoms in total. The smallest absolute Gasteiger partial charge is 0.253 e. The molecule has 1 saturated heterocycles. The van der Waals surface area contributed by atoms with E-state index in [-0.39, 0.29) is 17.7 Å². The van der Waals surface area contributed by atoms with Crippen molar-refractivity contribution >= 4 is 11.8 Å². The van der Waals surface area contributed by atoms with Crippen molar-refractivity contribution in [2.24, 2.45) is 11.7 Å². The molecule has 1 aliphatic heterocycles. The first-order chi connectivity index (χ1) is 14.0. The maximum absolute atomic E-state index is 12.9. The molecule has 2 aromatic carbocycles. The Morgan fingerprint density at radius 3 is 2.38 bits per heavy atom. The molecule has 29 heavy (non-hydrogen) atoms. The highest BCUT2D eigenvalue weighted by Gasteiger charge is 2.26. The summed E-state index contributed by atoms with van der Waals surface area (Å²) in [6.45, 7) is 5.86. The minimum Gasteiger partial charge on any atom is -0.493 e. The van der Waals surface area contributed by atoms with Crippen LogP contribution in [0.1, 0.15) is 41.3 Å². The molecule has 2 aromatic rings. The standard InChI is InChI=1S/C23H28N2O4/c1-3-28-21-9-6-18(23(27)25-12-10-17(11-13-25)22(24)26)14-19(21)15-29-20-7-4-16(2)5-8-20/h4-9,14,17H,3,10-13,15H2,1-2H3,(H2,24,26). The molecule has 0 unspecified atom stereocenters. The number of ether oxygens (including phenoxy) is 2. The summed E-state index contributed by atoms with van der Waals surface area (Å²) in [6, 6.07) is 13.3. The van der Waals surface area contributed by atoms with Crippen LogP contribution in [0.2, 0.25) is 0 Å². The van der Waals surface area contributed by atoms with Crippen LogP contribution >= 0.6 is 0 Å². The lowest BCUT2D eigenvalue weighted by molar-refractivity contribution is -0.123. The lowest BCUT2D eigenvalue weighted by Gasteiger charge is -2.30. The van der Waals surface area contributed by atoms with Gasteiger partial charge in [0.25, 0.3) is 5.91 Å². The molecule has 0 aliphatic carbocycles. The third-order valence-electron chi connectivity index (χ3n) is 5.21. The lowest BCUT2D eigenvalue weighted by Crippen LogP contribution is -2.41. The van der Waals surface area contributed by atoms with Gasteiger partial charge in [0.1, 0.15) is 18.1 Å². The van der Waals surface area contributed by atoms with Gasteiger partial charge in [0.05, 0.1) is 6.61 Å². The Balaban J connectivity index is 1.72. The largest absolute Gasteiger partial charge is 0.493 e. The fourth-order valence-corrected chi connectivity index (χ4v) is 3.47. The zero-order valence-electron chi connectivity index (χ0n) is 17.0. The molecule has 1 aliphatic rings. The normalized spacial score (nSPS) is 14.5. The van der Waals surface area contributed by atoms with Crippen LogP contribution in [0.5, 0.6) is 11.5 Å². The van der Waals surface area contributed by atoms with Gasteiger partial charge in [-0.05, 0) is 57.0 Å². The van der Waals surface area contributed by atoms with Crippen molar-refractivity contribution < 1.29 is 19.1 Å². The van der Waals surface area contributed by atoms with Crippen molar-refractivity contribution in [3.8, 4) is 11.5 Å². The average Bonchev–Trinajstić information content (AvgIpc) is 2.74. The summed E-state index contributed by atoms with van der Waals surface area (Å²) in [5.74, 6) is 1.01. The summed E-state index contributed by atoms with van der Waals surface area (Å²) < 4.78 is 11.6. The molecular formula is C23H28N2O4. The highest BCUT2D eigenvalue weighted by molar-refractivity contribution is 5.94. The second kappa shape index (κ2) is 9.45. The molecule has 2 amide bonds. The highest BCUT2D eigenvalue weighted by atomic mass is 16.5. The molecule has 1 heterocycles. The minimum absolute atomic E-state index is 0.0486. The second-order valence-corrected chi connectivity index (χ2v) is 7.33. The SMILES string of the molecule is CCOc1ccc(C(=O)N2CCC(C(N)=O)CC2)cc1COc1ccc(C)cc1. The minimum atomic E-state index is -0.284. The number of primary amides is 1. The van der Waals surface area contributed by atoms with E-state index < -0.39 is 0 Å². The number of piperidine rings is 1. The Kier molecular flexibility index (Phi) is 6.75. The number of carbonyl (C=O) groups excluding carboxylic acids is 2. The zero-order valence-corrected chi connectivity index (χ0v) is 17.0. The van der Waals surface area contributed by atoms with E-state index in [0.29, 0.717) is 50.5 Å². The highest BCUT2D eigenvalue weighted by Crippen LogP contribution is 2.25. The summed E-state index contributed by atoms with van der Waals surface area (Å²) in [5.41, 5.74) is 7.97. The van der Waals surface area contributed by atoms with Crippen LogP contribution < -0.4 is 15.2 Å². The monoisotopic (exact) mass is 396 g/mol. The quantitative estimate of drug-likeness (QED) is 0.778. The van der Waals surface area contributed by atoms with Crippen LogP contribution in [0.25, 0.3) is 0 Å². The predicted molar refractivity (Wildman–Crippen MR) is 111 cm³/mol. The zero-order chi connectivity index (χ0) is 20.8. The Labute approximate surface area is 171 Å². The van der Waals surface area contributed by atoms with Crippen molar-refractivity contribution in [2.45, 2.75) is 33.3 Å². The van der Waals surface area contributed by atoms with Crippen LogP contribution in [0.15, 0.2) is 42.5 Å². The molecule has 3 rings (SSSR count). The number of hydrogen-bond acceptors (Lipinski definition) is 4. The molecule has 0 saturated carbocycles. The number of aryl methyl sites for hydroxylation is 1. The van der Waals surface area contributed by atoms with Crippen molar-refractivity contribution in [3.05, 3.63) is 59.2 Å². The Bertz CT molecular complexity index is 856. The summed E-state index contributed by atoms with van der Waals surface area (Å²) in [4.78, 5) is 26.1. The maximum atomic E-state index is 12.9. The van der Waals surface area contributed by atoms with Gasteiger partial charge in [-0.3, -0.25) is 9.59 Å². The summed E-state index contributed by atoms with van der Waals surface area (Å²) in [7, 11) is 0. The second-order valence-electron chi connectivity index (χ2n) is 7.33. The van der Waals surface area contributed by atoms with Gasteiger partial charge in [0.15, 0.2) is 0 Å². The van der Waals surface area contributed by atoms with E-state index in [1.54, 1.807) is 11.0 Å². The number of amides is 2. The topological polar surface area (TPSA) is 81.9 Å². The fourth-order valence-electron chi connectivity index (χ4n) is 3.47. The lowest BCUT2D eigenvalue weighted by atomic mass is 9.95. The van der Waals surface area contributed by atoms with Crippen LogP contribution in [-0.2, 0) is 11.4 Å². The Hall–Kier alpha value is -3.02. The van der Waals surface area contributed by atoms with Gasteiger partial charge in [-0.15, -0.1) is 0 Å². The number of likely N-dealkylation sites (tertiary alicyclic amines) is 1. The fraction of sp³-hybridized carbons (Fsp3) is 0.391. The van der Waals surface area contributed by atoms with Crippen LogP contribution in [0.4, 0.5) is 0 Å². The van der Waals surface area contributed by atoms with Crippen molar-refractivity contribution in [1.29, 1.82) is 0 Å². The average molecular weight is 396 g/mol. The van der Waals surface area contributed by atoms with Gasteiger partial charge in [0, 0.05) is 30.1 Å². The van der Waals surface area contributed by atoms with Gasteiger partial charge in [-0.2, -0.15) is 0 Å². The molecule has 0 spiro atoms. The molecule has 0 radical (unpaired) electrons. The Morgan fingerprint density at radius 2 is 1.76 bits per heavy atom. The number of nitrogens with zero attached hydrogens (tertiary/aromatic N) is 1. The first kappa shape index (κ1) is 20.7. The number of nitrogens with two attached hydrogens (primary N) is 1. The van der Waals surface area contributed by atoms with Gasteiger partial charge in [-0.25, -0.2) is 0 Å². The molecule has 0 aromatic heterocycles.